The molecule has 2 rings (SSSR count). The van der Waals surface area contributed by atoms with E-state index in [4.69, 9.17) is 10.7 Å². The molecule has 0 saturated heterocycles. The third-order valence-corrected chi connectivity index (χ3v) is 4.29. The zero-order valence-corrected chi connectivity index (χ0v) is 13.8. The molecule has 0 aliphatic heterocycles. The second kappa shape index (κ2) is 6.77. The number of thioether (sulfide) groups is 1. The number of fused-ring (bicyclic) bond motifs is 1. The molecule has 0 radical (unpaired) electrons. The molecule has 0 spiro atoms. The lowest BCUT2D eigenvalue weighted by molar-refractivity contribution is 0.578. The van der Waals surface area contributed by atoms with Crippen molar-refractivity contribution >= 4 is 38.7 Å². The van der Waals surface area contributed by atoms with E-state index >= 15 is 0 Å². The van der Waals surface area contributed by atoms with E-state index in [-0.39, 0.29) is 6.04 Å². The maximum atomic E-state index is 6.31. The van der Waals surface area contributed by atoms with Gasteiger partial charge in [-0.15, -0.1) is 0 Å². The number of hydrogen-bond acceptors (Lipinski definition) is 3. The Labute approximate surface area is 127 Å². The van der Waals surface area contributed by atoms with E-state index in [1.54, 1.807) is 0 Å². The van der Waals surface area contributed by atoms with E-state index in [2.05, 4.69) is 51.9 Å². The van der Waals surface area contributed by atoms with Crippen molar-refractivity contribution in [1.29, 1.82) is 0 Å². The molecular weight excluding hydrogens is 322 g/mol. The van der Waals surface area contributed by atoms with Gasteiger partial charge < -0.3 is 10.3 Å². The molecule has 0 aliphatic carbocycles. The number of halogens is 1. The predicted octanol–water partition coefficient (Wildman–Crippen LogP) is 3.96. The molecular formula is C14H20BrN3S. The van der Waals surface area contributed by atoms with Crippen molar-refractivity contribution < 1.29 is 0 Å². The number of rotatable bonds is 6. The fraction of sp³-hybridized carbons (Fsp3) is 0.500. The summed E-state index contributed by atoms with van der Waals surface area (Å²) in [6.45, 7) is 3.16. The van der Waals surface area contributed by atoms with Gasteiger partial charge in [0.1, 0.15) is 5.82 Å². The van der Waals surface area contributed by atoms with E-state index in [1.165, 1.54) is 5.52 Å². The number of nitrogens with two attached hydrogens (primary N) is 1. The lowest BCUT2D eigenvalue weighted by atomic mass is 10.2. The topological polar surface area (TPSA) is 43.8 Å². The molecule has 104 valence electrons. The quantitative estimate of drug-likeness (QED) is 0.864. The smallest absolute Gasteiger partial charge is 0.126 e. The van der Waals surface area contributed by atoms with Crippen molar-refractivity contribution in [3.63, 3.8) is 0 Å². The Morgan fingerprint density at radius 3 is 2.95 bits per heavy atom. The molecule has 2 N–H and O–H groups in total. The molecule has 0 amide bonds. The van der Waals surface area contributed by atoms with Gasteiger partial charge in [-0.25, -0.2) is 4.98 Å². The van der Waals surface area contributed by atoms with Gasteiger partial charge in [0.2, 0.25) is 0 Å². The highest BCUT2D eigenvalue weighted by atomic mass is 79.9. The highest BCUT2D eigenvalue weighted by Crippen LogP contribution is 2.25. The maximum absolute atomic E-state index is 6.31. The summed E-state index contributed by atoms with van der Waals surface area (Å²) in [4.78, 5) is 4.74. The lowest BCUT2D eigenvalue weighted by Gasteiger charge is -2.13. The summed E-state index contributed by atoms with van der Waals surface area (Å²) in [5.41, 5.74) is 8.51. The van der Waals surface area contributed by atoms with Gasteiger partial charge in [-0.3, -0.25) is 0 Å². The Hall–Kier alpha value is -0.520. The van der Waals surface area contributed by atoms with Crippen LogP contribution in [0.5, 0.6) is 0 Å². The average molecular weight is 342 g/mol. The fourth-order valence-electron chi connectivity index (χ4n) is 2.24. The van der Waals surface area contributed by atoms with Gasteiger partial charge in [0.25, 0.3) is 0 Å². The fourth-order valence-corrected chi connectivity index (χ4v) is 3.08. The third kappa shape index (κ3) is 3.33. The SMILES string of the molecule is CCCn1c(C(N)CCSC)nc2cc(Br)ccc21. The molecule has 0 bridgehead atoms. The third-order valence-electron chi connectivity index (χ3n) is 3.15. The molecule has 19 heavy (non-hydrogen) atoms. The first-order chi connectivity index (χ1) is 9.17. The molecule has 0 aliphatic rings. The van der Waals surface area contributed by atoms with Crippen molar-refractivity contribution in [3.8, 4) is 0 Å². The largest absolute Gasteiger partial charge is 0.327 e. The van der Waals surface area contributed by atoms with Crippen LogP contribution in [-0.2, 0) is 6.54 Å². The molecule has 1 unspecified atom stereocenters. The van der Waals surface area contributed by atoms with Crippen LogP contribution in [0.15, 0.2) is 22.7 Å². The minimum absolute atomic E-state index is 0.0187. The average Bonchev–Trinajstić information content (AvgIpc) is 2.74. The molecule has 1 aromatic carbocycles. The van der Waals surface area contributed by atoms with Crippen molar-refractivity contribution in [3.05, 3.63) is 28.5 Å². The molecule has 1 atom stereocenters. The minimum atomic E-state index is 0.0187. The Bertz CT molecular complexity index is 553. The van der Waals surface area contributed by atoms with Crippen LogP contribution >= 0.6 is 27.7 Å². The van der Waals surface area contributed by atoms with Gasteiger partial charge in [0.05, 0.1) is 17.1 Å². The molecule has 5 heteroatoms. The monoisotopic (exact) mass is 341 g/mol. The second-order valence-corrected chi connectivity index (χ2v) is 6.54. The molecule has 1 aromatic heterocycles. The van der Waals surface area contributed by atoms with E-state index in [0.717, 1.165) is 41.0 Å². The van der Waals surface area contributed by atoms with Crippen LogP contribution in [0, 0.1) is 0 Å². The number of aromatic nitrogens is 2. The highest BCUT2D eigenvalue weighted by molar-refractivity contribution is 9.10. The second-order valence-electron chi connectivity index (χ2n) is 4.64. The summed E-state index contributed by atoms with van der Waals surface area (Å²) in [6, 6.07) is 6.26. The maximum Gasteiger partial charge on any atom is 0.126 e. The van der Waals surface area contributed by atoms with Crippen LogP contribution in [0.4, 0.5) is 0 Å². The first-order valence-electron chi connectivity index (χ1n) is 6.57. The standard InChI is InChI=1S/C14H20BrN3S/c1-3-7-18-13-5-4-10(15)9-12(13)17-14(18)11(16)6-8-19-2/h4-5,9,11H,3,6-8,16H2,1-2H3. The van der Waals surface area contributed by atoms with E-state index in [1.807, 2.05) is 11.8 Å². The molecule has 0 fully saturated rings. The number of hydrogen-bond donors (Lipinski definition) is 1. The van der Waals surface area contributed by atoms with Crippen molar-refractivity contribution in [2.75, 3.05) is 12.0 Å². The zero-order valence-electron chi connectivity index (χ0n) is 11.4. The number of imidazole rings is 1. The molecule has 0 saturated carbocycles. The summed E-state index contributed by atoms with van der Waals surface area (Å²) in [5.74, 6) is 2.09. The molecule has 2 aromatic rings. The molecule has 3 nitrogen and oxygen atoms in total. The van der Waals surface area contributed by atoms with Crippen LogP contribution in [0.2, 0.25) is 0 Å². The van der Waals surface area contributed by atoms with E-state index in [9.17, 15) is 0 Å². The summed E-state index contributed by atoms with van der Waals surface area (Å²) < 4.78 is 3.33. The van der Waals surface area contributed by atoms with E-state index in [0.29, 0.717) is 0 Å². The minimum Gasteiger partial charge on any atom is -0.327 e. The van der Waals surface area contributed by atoms with Gasteiger partial charge in [-0.05, 0) is 43.0 Å². The van der Waals surface area contributed by atoms with Crippen LogP contribution in [-0.4, -0.2) is 21.6 Å². The van der Waals surface area contributed by atoms with Gasteiger partial charge >= 0.3 is 0 Å². The summed E-state index contributed by atoms with van der Waals surface area (Å²) >= 11 is 5.33. The van der Waals surface area contributed by atoms with Gasteiger partial charge in [0, 0.05) is 11.0 Å². The summed E-state index contributed by atoms with van der Waals surface area (Å²) in [6.07, 6.45) is 4.16. The Morgan fingerprint density at radius 2 is 2.26 bits per heavy atom. The molecule has 1 heterocycles. The Kier molecular flexibility index (Phi) is 5.30. The zero-order chi connectivity index (χ0) is 13.8. The first kappa shape index (κ1) is 14.9. The number of benzene rings is 1. The Balaban J connectivity index is 2.43. The summed E-state index contributed by atoms with van der Waals surface area (Å²) in [7, 11) is 0. The van der Waals surface area contributed by atoms with Gasteiger partial charge in [-0.1, -0.05) is 22.9 Å². The number of aryl methyl sites for hydroxylation is 1. The van der Waals surface area contributed by atoms with Crippen molar-refractivity contribution in [2.24, 2.45) is 5.73 Å². The van der Waals surface area contributed by atoms with E-state index < -0.39 is 0 Å². The van der Waals surface area contributed by atoms with Gasteiger partial charge in [0.15, 0.2) is 0 Å². The van der Waals surface area contributed by atoms with Crippen LogP contribution < -0.4 is 5.73 Å². The van der Waals surface area contributed by atoms with Crippen LogP contribution in [0.25, 0.3) is 11.0 Å². The van der Waals surface area contributed by atoms with Crippen LogP contribution in [0.3, 0.4) is 0 Å². The number of nitrogens with zero attached hydrogens (tertiary/aromatic N) is 2. The Morgan fingerprint density at radius 1 is 1.47 bits per heavy atom. The summed E-state index contributed by atoms with van der Waals surface area (Å²) in [5, 5.41) is 0. The first-order valence-corrected chi connectivity index (χ1v) is 8.76. The van der Waals surface area contributed by atoms with Crippen LogP contribution in [0.1, 0.15) is 31.6 Å². The van der Waals surface area contributed by atoms with Crippen molar-refractivity contribution in [1.82, 2.24) is 9.55 Å². The van der Waals surface area contributed by atoms with Crippen molar-refractivity contribution in [2.45, 2.75) is 32.4 Å². The normalized spacial score (nSPS) is 13.1. The highest BCUT2D eigenvalue weighted by Gasteiger charge is 2.16. The lowest BCUT2D eigenvalue weighted by Crippen LogP contribution is -2.17. The predicted molar refractivity (Wildman–Crippen MR) is 87.7 cm³/mol. The van der Waals surface area contributed by atoms with Gasteiger partial charge in [-0.2, -0.15) is 11.8 Å².